The van der Waals surface area contributed by atoms with Crippen molar-refractivity contribution in [2.24, 2.45) is 0 Å². The van der Waals surface area contributed by atoms with Crippen LogP contribution in [0.5, 0.6) is 0 Å². The van der Waals surface area contributed by atoms with E-state index in [0.29, 0.717) is 6.54 Å². The zero-order valence-electron chi connectivity index (χ0n) is 8.25. The molecule has 0 spiro atoms. The second-order valence-corrected chi connectivity index (χ2v) is 4.16. The van der Waals surface area contributed by atoms with E-state index in [2.05, 4.69) is 27.9 Å². The molecule has 0 aromatic heterocycles. The monoisotopic (exact) mass is 304 g/mol. The highest BCUT2D eigenvalue weighted by atomic mass is 127. The molecule has 0 aliphatic rings. The average Bonchev–Trinajstić information content (AvgIpc) is 2.20. The van der Waals surface area contributed by atoms with Crippen LogP contribution >= 0.6 is 22.6 Å². The van der Waals surface area contributed by atoms with Gasteiger partial charge in [-0.1, -0.05) is 18.2 Å². The minimum Gasteiger partial charge on any atom is -0.341 e. The number of urea groups is 1. The van der Waals surface area contributed by atoms with Crippen LogP contribution in [0.4, 0.5) is 4.79 Å². The van der Waals surface area contributed by atoms with Crippen molar-refractivity contribution in [3.8, 4) is 0 Å². The quantitative estimate of drug-likeness (QED) is 0.834. The fraction of sp³-hybridized carbons (Fsp3) is 0.300. The van der Waals surface area contributed by atoms with Gasteiger partial charge in [0.15, 0.2) is 0 Å². The zero-order valence-corrected chi connectivity index (χ0v) is 10.4. The molecule has 0 unspecified atom stereocenters. The Balaban J connectivity index is 2.69. The number of halogens is 1. The molecule has 0 saturated heterocycles. The Morgan fingerprint density at radius 2 is 2.14 bits per heavy atom. The molecule has 1 aromatic carbocycles. The summed E-state index contributed by atoms with van der Waals surface area (Å²) in [7, 11) is 3.41. The van der Waals surface area contributed by atoms with Crippen molar-refractivity contribution in [2.75, 3.05) is 14.1 Å². The maximum atomic E-state index is 11.2. The third-order valence-corrected chi connectivity index (χ3v) is 2.98. The lowest BCUT2D eigenvalue weighted by atomic mass is 10.2. The highest BCUT2D eigenvalue weighted by molar-refractivity contribution is 14.1. The molecule has 0 saturated carbocycles. The molecule has 4 heteroatoms. The van der Waals surface area contributed by atoms with Crippen LogP contribution in [0.15, 0.2) is 24.3 Å². The predicted molar refractivity (Wildman–Crippen MR) is 65.1 cm³/mol. The van der Waals surface area contributed by atoms with E-state index in [1.165, 1.54) is 9.13 Å². The predicted octanol–water partition coefficient (Wildman–Crippen LogP) is 2.06. The Hall–Kier alpha value is -0.780. The molecule has 0 fully saturated rings. The normalized spacial score (nSPS) is 9.64. The second kappa shape index (κ2) is 5.19. The first-order chi connectivity index (χ1) is 6.65. The maximum absolute atomic E-state index is 11.2. The number of nitrogens with one attached hydrogen (secondary N) is 1. The molecule has 0 atom stereocenters. The smallest absolute Gasteiger partial charge is 0.317 e. The minimum atomic E-state index is -0.0651. The molecule has 0 heterocycles. The van der Waals surface area contributed by atoms with Gasteiger partial charge in [-0.15, -0.1) is 0 Å². The Morgan fingerprint density at radius 3 is 2.71 bits per heavy atom. The SMILES string of the molecule is CNC(=O)N(C)Cc1ccccc1I. The van der Waals surface area contributed by atoms with Crippen LogP contribution in [0, 0.1) is 3.57 Å². The van der Waals surface area contributed by atoms with Gasteiger partial charge in [-0.2, -0.15) is 0 Å². The van der Waals surface area contributed by atoms with Gasteiger partial charge in [-0.05, 0) is 34.2 Å². The van der Waals surface area contributed by atoms with Crippen molar-refractivity contribution >= 4 is 28.6 Å². The molecular weight excluding hydrogens is 291 g/mol. The van der Waals surface area contributed by atoms with Crippen molar-refractivity contribution in [2.45, 2.75) is 6.54 Å². The largest absolute Gasteiger partial charge is 0.341 e. The summed E-state index contributed by atoms with van der Waals surface area (Å²) in [6.45, 7) is 0.638. The summed E-state index contributed by atoms with van der Waals surface area (Å²) in [4.78, 5) is 12.9. The van der Waals surface area contributed by atoms with Crippen molar-refractivity contribution in [3.05, 3.63) is 33.4 Å². The lowest BCUT2D eigenvalue weighted by Crippen LogP contribution is -2.34. The topological polar surface area (TPSA) is 32.3 Å². The van der Waals surface area contributed by atoms with Crippen LogP contribution < -0.4 is 5.32 Å². The summed E-state index contributed by atoms with van der Waals surface area (Å²) in [5.41, 5.74) is 1.17. The Bertz CT molecular complexity index is 328. The number of amides is 2. The standard InChI is InChI=1S/C10H13IN2O/c1-12-10(14)13(2)7-8-5-3-4-6-9(8)11/h3-6H,7H2,1-2H3,(H,12,14). The molecule has 1 rings (SSSR count). The van der Waals surface area contributed by atoms with Gasteiger partial charge in [0, 0.05) is 24.2 Å². The van der Waals surface area contributed by atoms with Gasteiger partial charge in [-0.25, -0.2) is 4.79 Å². The number of carbonyl (C=O) groups excluding carboxylic acids is 1. The van der Waals surface area contributed by atoms with Crippen LogP contribution in [-0.4, -0.2) is 25.0 Å². The van der Waals surface area contributed by atoms with Gasteiger partial charge < -0.3 is 10.2 Å². The van der Waals surface area contributed by atoms with E-state index in [1.54, 1.807) is 19.0 Å². The number of nitrogens with zero attached hydrogens (tertiary/aromatic N) is 1. The molecule has 76 valence electrons. The fourth-order valence-electron chi connectivity index (χ4n) is 1.14. The van der Waals surface area contributed by atoms with Gasteiger partial charge in [0.05, 0.1) is 0 Å². The van der Waals surface area contributed by atoms with Crippen LogP contribution in [0.3, 0.4) is 0 Å². The van der Waals surface area contributed by atoms with E-state index in [1.807, 2.05) is 24.3 Å². The van der Waals surface area contributed by atoms with Crippen molar-refractivity contribution in [3.63, 3.8) is 0 Å². The van der Waals surface area contributed by atoms with Crippen LogP contribution in [0.1, 0.15) is 5.56 Å². The van der Waals surface area contributed by atoms with Crippen LogP contribution in [0.2, 0.25) is 0 Å². The molecular formula is C10H13IN2O. The van der Waals surface area contributed by atoms with E-state index < -0.39 is 0 Å². The first-order valence-corrected chi connectivity index (χ1v) is 5.39. The summed E-state index contributed by atoms with van der Waals surface area (Å²) in [6.07, 6.45) is 0. The van der Waals surface area contributed by atoms with E-state index in [-0.39, 0.29) is 6.03 Å². The molecule has 1 aromatic rings. The van der Waals surface area contributed by atoms with Gasteiger partial charge in [0.25, 0.3) is 0 Å². The summed E-state index contributed by atoms with van der Waals surface area (Å²) < 4.78 is 1.18. The molecule has 2 amide bonds. The fourth-order valence-corrected chi connectivity index (χ4v) is 1.70. The van der Waals surface area contributed by atoms with Gasteiger partial charge in [0.1, 0.15) is 0 Å². The third-order valence-electron chi connectivity index (χ3n) is 1.93. The van der Waals surface area contributed by atoms with E-state index >= 15 is 0 Å². The van der Waals surface area contributed by atoms with E-state index in [4.69, 9.17) is 0 Å². The summed E-state index contributed by atoms with van der Waals surface area (Å²) >= 11 is 2.27. The van der Waals surface area contributed by atoms with Crippen LogP contribution in [0.25, 0.3) is 0 Å². The lowest BCUT2D eigenvalue weighted by Gasteiger charge is -2.17. The maximum Gasteiger partial charge on any atom is 0.317 e. The molecule has 0 radical (unpaired) electrons. The first kappa shape index (κ1) is 11.3. The molecule has 1 N–H and O–H groups in total. The first-order valence-electron chi connectivity index (χ1n) is 4.31. The highest BCUT2D eigenvalue weighted by Crippen LogP contribution is 2.12. The molecule has 14 heavy (non-hydrogen) atoms. The highest BCUT2D eigenvalue weighted by Gasteiger charge is 2.07. The van der Waals surface area contributed by atoms with Crippen molar-refractivity contribution in [1.29, 1.82) is 0 Å². The average molecular weight is 304 g/mol. The Morgan fingerprint density at radius 1 is 1.50 bits per heavy atom. The number of carbonyl (C=O) groups is 1. The molecule has 0 bridgehead atoms. The van der Waals surface area contributed by atoms with E-state index in [0.717, 1.165) is 0 Å². The molecule has 0 aliphatic heterocycles. The third kappa shape index (κ3) is 2.87. The van der Waals surface area contributed by atoms with E-state index in [9.17, 15) is 4.79 Å². The number of benzene rings is 1. The zero-order chi connectivity index (χ0) is 10.6. The molecule has 3 nitrogen and oxygen atoms in total. The molecule has 0 aliphatic carbocycles. The number of hydrogen-bond acceptors (Lipinski definition) is 1. The summed E-state index contributed by atoms with van der Waals surface area (Å²) in [5, 5.41) is 2.59. The lowest BCUT2D eigenvalue weighted by molar-refractivity contribution is 0.209. The number of rotatable bonds is 2. The van der Waals surface area contributed by atoms with Crippen molar-refractivity contribution in [1.82, 2.24) is 10.2 Å². The second-order valence-electron chi connectivity index (χ2n) is 3.00. The van der Waals surface area contributed by atoms with Crippen molar-refractivity contribution < 1.29 is 4.79 Å². The van der Waals surface area contributed by atoms with Gasteiger partial charge in [-0.3, -0.25) is 0 Å². The Labute approximate surface area is 97.6 Å². The van der Waals surface area contributed by atoms with Gasteiger partial charge >= 0.3 is 6.03 Å². The minimum absolute atomic E-state index is 0.0651. The van der Waals surface area contributed by atoms with Gasteiger partial charge in [0.2, 0.25) is 0 Å². The number of hydrogen-bond donors (Lipinski definition) is 1. The van der Waals surface area contributed by atoms with Crippen LogP contribution in [-0.2, 0) is 6.54 Å². The summed E-state index contributed by atoms with van der Waals surface area (Å²) in [5.74, 6) is 0. The summed E-state index contributed by atoms with van der Waals surface area (Å²) in [6, 6.07) is 7.97. The Kier molecular flexibility index (Phi) is 4.19.